The van der Waals surface area contributed by atoms with Crippen molar-refractivity contribution in [1.82, 2.24) is 0 Å². The zero-order chi connectivity index (χ0) is 27.4. The average Bonchev–Trinajstić information content (AvgIpc) is 2.84. The third kappa shape index (κ3) is 7.06. The molecule has 0 aliphatic carbocycles. The lowest BCUT2D eigenvalue weighted by molar-refractivity contribution is -0.199. The molecule has 0 aliphatic rings. The minimum absolute atomic E-state index is 0.421. The van der Waals surface area contributed by atoms with E-state index in [-0.39, 0.29) is 0 Å². The summed E-state index contributed by atoms with van der Waals surface area (Å²) in [7, 11) is -0.880. The Bertz CT molecular complexity index is 1190. The summed E-state index contributed by atoms with van der Waals surface area (Å²) < 4.78 is 86.9. The fraction of sp³-hybridized carbons (Fsp3) is 0.231. The fourth-order valence-electron chi connectivity index (χ4n) is 3.10. The smallest absolute Gasteiger partial charge is 0.425 e. The van der Waals surface area contributed by atoms with Crippen molar-refractivity contribution in [2.75, 3.05) is 0 Å². The van der Waals surface area contributed by atoms with Gasteiger partial charge in [-0.05, 0) is 50.2 Å². The third-order valence-electron chi connectivity index (χ3n) is 5.11. The summed E-state index contributed by atoms with van der Waals surface area (Å²) in [6.45, 7) is 1.20. The van der Waals surface area contributed by atoms with Gasteiger partial charge < -0.3 is 9.47 Å². The van der Waals surface area contributed by atoms with E-state index in [1.807, 2.05) is 24.3 Å². The normalized spacial score (nSPS) is 13.6. The van der Waals surface area contributed by atoms with Crippen LogP contribution < -0.4 is 0 Å². The number of hydrogen-bond donors (Lipinski definition) is 0. The van der Waals surface area contributed by atoms with Gasteiger partial charge in [0.05, 0.1) is 22.0 Å². The highest BCUT2D eigenvalue weighted by atomic mass is 32.2. The van der Waals surface area contributed by atoms with Crippen molar-refractivity contribution in [2.45, 2.75) is 53.1 Å². The Hall–Kier alpha value is -3.47. The molecule has 0 saturated carbocycles. The number of ether oxygens (including phenoxy) is 2. The van der Waals surface area contributed by atoms with Crippen LogP contribution in [-0.4, -0.2) is 36.5 Å². The molecule has 3 aromatic rings. The van der Waals surface area contributed by atoms with Gasteiger partial charge in [-0.3, -0.25) is 0 Å². The Morgan fingerprint density at radius 3 is 1.43 bits per heavy atom. The second kappa shape index (κ2) is 11.3. The van der Waals surface area contributed by atoms with Crippen LogP contribution >= 0.6 is 0 Å². The summed E-state index contributed by atoms with van der Waals surface area (Å²) in [4.78, 5) is 27.4. The monoisotopic (exact) mass is 543 g/mol. The van der Waals surface area contributed by atoms with Crippen molar-refractivity contribution in [3.8, 4) is 0 Å². The van der Waals surface area contributed by atoms with Gasteiger partial charge in [0.2, 0.25) is 0 Å². The first-order valence-electron chi connectivity index (χ1n) is 10.8. The summed E-state index contributed by atoms with van der Waals surface area (Å²) in [5.74, 6) is -3.05. The van der Waals surface area contributed by atoms with Gasteiger partial charge in [-0.2, -0.15) is 26.3 Å². The van der Waals surface area contributed by atoms with Crippen LogP contribution in [-0.2, 0) is 20.4 Å². The number of rotatable bonds is 7. The third-order valence-corrected chi connectivity index (χ3v) is 7.33. The van der Waals surface area contributed by atoms with Gasteiger partial charge in [-0.15, -0.1) is 0 Å². The second-order valence-corrected chi connectivity index (χ2v) is 9.84. The topological polar surface area (TPSA) is 52.6 Å². The first-order valence-corrected chi connectivity index (χ1v) is 12.1. The molecular weight excluding hydrogens is 522 g/mol. The Morgan fingerprint density at radius 2 is 1.03 bits per heavy atom. The van der Waals surface area contributed by atoms with Crippen LogP contribution in [0.15, 0.2) is 93.5 Å². The predicted molar refractivity (Wildman–Crippen MR) is 123 cm³/mol. The van der Waals surface area contributed by atoms with Crippen molar-refractivity contribution in [3.05, 3.63) is 90.0 Å². The van der Waals surface area contributed by atoms with E-state index in [9.17, 15) is 35.9 Å². The molecule has 11 heteroatoms. The lowest BCUT2D eigenvalue weighted by Crippen LogP contribution is -2.33. The molecule has 2 atom stereocenters. The number of benzene rings is 3. The molecule has 0 fully saturated rings. The molecule has 0 saturated heterocycles. The van der Waals surface area contributed by atoms with Gasteiger partial charge in [0.1, 0.15) is 0 Å². The zero-order valence-corrected chi connectivity index (χ0v) is 20.3. The summed E-state index contributed by atoms with van der Waals surface area (Å²) >= 11 is 0. The molecule has 0 N–H and O–H groups in total. The van der Waals surface area contributed by atoms with E-state index in [0.717, 1.165) is 21.9 Å². The molecule has 4 nitrogen and oxygen atoms in total. The van der Waals surface area contributed by atoms with Gasteiger partial charge in [-0.1, -0.05) is 36.4 Å². The number of halogens is 6. The standard InChI is InChI=1S/C26H21F6O4S/c1-16(25(27,28)29)35-23(33)21-14-13-20(15-22(21)24(34)36-17(2)26(30,31)32)37(18-9-5-3-6-10-18)19-11-7-4-8-12-19/h3-17H,1-2H3/q+1. The molecule has 0 spiro atoms. The lowest BCUT2D eigenvalue weighted by atomic mass is 10.1. The Labute approximate surface area is 211 Å². The van der Waals surface area contributed by atoms with E-state index in [0.29, 0.717) is 18.7 Å². The number of carbonyl (C=O) groups is 2. The minimum Gasteiger partial charge on any atom is -0.449 e. The SMILES string of the molecule is CC(OC(=O)c1ccc([S+](c2ccccc2)c2ccccc2)cc1C(=O)OC(C)C(F)(F)F)C(F)(F)F. The minimum atomic E-state index is -4.89. The Kier molecular flexibility index (Phi) is 8.57. The predicted octanol–water partition coefficient (Wildman–Crippen LogP) is 7.00. The molecule has 3 rings (SSSR count). The van der Waals surface area contributed by atoms with Gasteiger partial charge >= 0.3 is 24.3 Å². The Balaban J connectivity index is 2.12. The van der Waals surface area contributed by atoms with E-state index in [1.165, 1.54) is 6.07 Å². The largest absolute Gasteiger partial charge is 0.449 e. The quantitative estimate of drug-likeness (QED) is 0.183. The summed E-state index contributed by atoms with van der Waals surface area (Å²) in [6, 6.07) is 21.6. The highest BCUT2D eigenvalue weighted by Gasteiger charge is 2.42. The molecule has 3 aromatic carbocycles. The van der Waals surface area contributed by atoms with E-state index >= 15 is 0 Å². The highest BCUT2D eigenvalue weighted by Crippen LogP contribution is 2.33. The highest BCUT2D eigenvalue weighted by molar-refractivity contribution is 7.97. The molecule has 0 bridgehead atoms. The number of carbonyl (C=O) groups excluding carboxylic acids is 2. The van der Waals surface area contributed by atoms with E-state index in [2.05, 4.69) is 9.47 Å². The Morgan fingerprint density at radius 1 is 0.622 bits per heavy atom. The van der Waals surface area contributed by atoms with Gasteiger partial charge in [0, 0.05) is 6.07 Å². The lowest BCUT2D eigenvalue weighted by Gasteiger charge is -2.19. The van der Waals surface area contributed by atoms with Crippen molar-refractivity contribution in [1.29, 1.82) is 0 Å². The molecule has 0 heterocycles. The van der Waals surface area contributed by atoms with Crippen LogP contribution in [0.5, 0.6) is 0 Å². The van der Waals surface area contributed by atoms with Crippen LogP contribution in [0.4, 0.5) is 26.3 Å². The maximum atomic E-state index is 13.0. The second-order valence-electron chi connectivity index (χ2n) is 7.82. The molecule has 0 radical (unpaired) electrons. The molecule has 37 heavy (non-hydrogen) atoms. The van der Waals surface area contributed by atoms with E-state index in [1.54, 1.807) is 36.4 Å². The van der Waals surface area contributed by atoms with E-state index < -0.39 is 58.5 Å². The average molecular weight is 544 g/mol. The van der Waals surface area contributed by atoms with Crippen LogP contribution in [0, 0.1) is 0 Å². The van der Waals surface area contributed by atoms with Gasteiger partial charge in [0.25, 0.3) is 0 Å². The number of esters is 2. The first-order chi connectivity index (χ1) is 17.3. The summed E-state index contributed by atoms with van der Waals surface area (Å²) in [6.07, 6.45) is -14.8. The van der Waals surface area contributed by atoms with Crippen molar-refractivity contribution < 1.29 is 45.4 Å². The van der Waals surface area contributed by atoms with Crippen molar-refractivity contribution in [2.24, 2.45) is 0 Å². The molecular formula is C26H21F6O4S+. The van der Waals surface area contributed by atoms with Crippen LogP contribution in [0.3, 0.4) is 0 Å². The maximum Gasteiger partial charge on any atom is 0.425 e. The van der Waals surface area contributed by atoms with Crippen molar-refractivity contribution >= 4 is 22.8 Å². The molecule has 0 aromatic heterocycles. The number of hydrogen-bond acceptors (Lipinski definition) is 4. The number of alkyl halides is 6. The van der Waals surface area contributed by atoms with Gasteiger partial charge in [0.15, 0.2) is 26.9 Å². The molecule has 0 aliphatic heterocycles. The summed E-state index contributed by atoms with van der Waals surface area (Å²) in [5.41, 5.74) is -1.29. The van der Waals surface area contributed by atoms with Crippen molar-refractivity contribution in [3.63, 3.8) is 0 Å². The molecule has 0 amide bonds. The summed E-state index contributed by atoms with van der Waals surface area (Å²) in [5, 5.41) is 0. The molecule has 2 unspecified atom stereocenters. The fourth-order valence-corrected chi connectivity index (χ4v) is 5.22. The molecule has 196 valence electrons. The van der Waals surface area contributed by atoms with Crippen LogP contribution in [0.1, 0.15) is 34.6 Å². The first kappa shape index (κ1) is 28.1. The zero-order valence-electron chi connectivity index (χ0n) is 19.5. The maximum absolute atomic E-state index is 13.0. The van der Waals surface area contributed by atoms with Crippen LogP contribution in [0.2, 0.25) is 0 Å². The van der Waals surface area contributed by atoms with Gasteiger partial charge in [-0.25, -0.2) is 9.59 Å². The van der Waals surface area contributed by atoms with E-state index in [4.69, 9.17) is 0 Å². The van der Waals surface area contributed by atoms with Crippen LogP contribution in [0.25, 0.3) is 0 Å².